The Morgan fingerprint density at radius 1 is 1.21 bits per heavy atom. The Kier molecular flexibility index (Phi) is 9.10. The smallest absolute Gasteiger partial charge is 0.337 e. The molecule has 6 N–H and O–H groups in total. The average molecular weight is 393 g/mol. The van der Waals surface area contributed by atoms with Gasteiger partial charge in [0.25, 0.3) is 0 Å². The van der Waals surface area contributed by atoms with E-state index in [0.29, 0.717) is 24.7 Å². The summed E-state index contributed by atoms with van der Waals surface area (Å²) in [6.07, 6.45) is 10.1. The molecule has 0 aromatic carbocycles. The van der Waals surface area contributed by atoms with E-state index in [1.807, 2.05) is 4.90 Å². The van der Waals surface area contributed by atoms with Crippen LogP contribution < -0.4 is 17.2 Å². The molecule has 0 bridgehead atoms. The number of nitrogens with zero attached hydrogens (tertiary/aromatic N) is 3. The fourth-order valence-corrected chi connectivity index (χ4v) is 3.76. The van der Waals surface area contributed by atoms with Gasteiger partial charge in [-0.05, 0) is 32.1 Å². The first kappa shape index (κ1) is 22.0. The molecule has 2 aliphatic rings. The number of hydrogen-bond acceptors (Lipinski definition) is 6. The van der Waals surface area contributed by atoms with Gasteiger partial charge in [0.05, 0.1) is 18.2 Å². The Bertz CT molecular complexity index is 610. The van der Waals surface area contributed by atoms with Crippen LogP contribution in [0, 0.1) is 0 Å². The van der Waals surface area contributed by atoms with Crippen LogP contribution in [0.3, 0.4) is 0 Å². The van der Waals surface area contributed by atoms with E-state index in [1.54, 1.807) is 0 Å². The fourth-order valence-electron chi connectivity index (χ4n) is 3.76. The van der Waals surface area contributed by atoms with E-state index in [0.717, 1.165) is 57.2 Å². The molecule has 0 aliphatic carbocycles. The summed E-state index contributed by atoms with van der Waals surface area (Å²) in [7, 11) is 0. The van der Waals surface area contributed by atoms with Crippen molar-refractivity contribution >= 4 is 17.9 Å². The van der Waals surface area contributed by atoms with Crippen LogP contribution in [0.4, 0.5) is 0 Å². The van der Waals surface area contributed by atoms with Gasteiger partial charge in [-0.25, -0.2) is 9.79 Å². The zero-order valence-corrected chi connectivity index (χ0v) is 17.2. The minimum atomic E-state index is -0.251. The third kappa shape index (κ3) is 6.42. The Hall–Kier alpha value is -2.25. The fraction of sp³-hybridized carbons (Fsp3) is 0.750. The van der Waals surface area contributed by atoms with E-state index in [-0.39, 0.29) is 18.0 Å². The maximum atomic E-state index is 12.8. The number of aliphatic imine (C=N–C) groups is 2. The zero-order chi connectivity index (χ0) is 20.4. The second kappa shape index (κ2) is 11.6. The van der Waals surface area contributed by atoms with Crippen molar-refractivity contribution in [3.05, 3.63) is 11.3 Å². The Morgan fingerprint density at radius 2 is 2.00 bits per heavy atom. The van der Waals surface area contributed by atoms with Gasteiger partial charge < -0.3 is 26.8 Å². The highest BCUT2D eigenvalue weighted by molar-refractivity contribution is 5.95. The lowest BCUT2D eigenvalue weighted by Gasteiger charge is -2.30. The lowest BCUT2D eigenvalue weighted by atomic mass is 9.96. The predicted octanol–water partition coefficient (Wildman–Crippen LogP) is 1.99. The van der Waals surface area contributed by atoms with Gasteiger partial charge >= 0.3 is 5.97 Å². The summed E-state index contributed by atoms with van der Waals surface area (Å²) >= 11 is 0. The molecule has 0 radical (unpaired) electrons. The van der Waals surface area contributed by atoms with E-state index >= 15 is 0 Å². The van der Waals surface area contributed by atoms with Gasteiger partial charge in [-0.15, -0.1) is 0 Å². The molecule has 28 heavy (non-hydrogen) atoms. The van der Waals surface area contributed by atoms with Crippen LogP contribution in [0.1, 0.15) is 71.1 Å². The first-order valence-corrected chi connectivity index (χ1v) is 10.6. The van der Waals surface area contributed by atoms with Crippen LogP contribution in [0.15, 0.2) is 21.3 Å². The summed E-state index contributed by atoms with van der Waals surface area (Å²) in [5, 5.41) is 0. The number of rotatable bonds is 12. The molecule has 0 unspecified atom stereocenters. The summed E-state index contributed by atoms with van der Waals surface area (Å²) in [4.78, 5) is 23.4. The molecule has 2 rings (SSSR count). The molecule has 1 fully saturated rings. The lowest BCUT2D eigenvalue weighted by molar-refractivity contribution is -0.139. The van der Waals surface area contributed by atoms with E-state index in [9.17, 15) is 4.79 Å². The highest BCUT2D eigenvalue weighted by atomic mass is 16.5. The number of esters is 1. The Morgan fingerprint density at radius 3 is 2.75 bits per heavy atom. The van der Waals surface area contributed by atoms with Gasteiger partial charge in [0.2, 0.25) is 0 Å². The van der Waals surface area contributed by atoms with Gasteiger partial charge in [0, 0.05) is 18.8 Å². The van der Waals surface area contributed by atoms with E-state index in [4.69, 9.17) is 21.9 Å². The van der Waals surface area contributed by atoms with Crippen molar-refractivity contribution in [1.82, 2.24) is 4.90 Å². The highest BCUT2D eigenvalue weighted by Gasteiger charge is 2.35. The number of ether oxygens (including phenoxy) is 1. The molecule has 8 nitrogen and oxygen atoms in total. The quantitative estimate of drug-likeness (QED) is 0.201. The molecule has 2 aliphatic heterocycles. The molecular formula is C20H36N6O2. The number of carbonyl (C=O) groups is 1. The van der Waals surface area contributed by atoms with E-state index in [2.05, 4.69) is 16.9 Å². The van der Waals surface area contributed by atoms with Gasteiger partial charge in [0.15, 0.2) is 11.9 Å². The molecule has 0 spiro atoms. The second-order valence-electron chi connectivity index (χ2n) is 7.47. The number of carbonyl (C=O) groups excluding carboxylic acids is 1. The van der Waals surface area contributed by atoms with Crippen LogP contribution in [-0.4, -0.2) is 48.5 Å². The van der Waals surface area contributed by atoms with Crippen molar-refractivity contribution in [2.75, 3.05) is 19.7 Å². The number of nitrogens with two attached hydrogens (primary N) is 3. The first-order valence-electron chi connectivity index (χ1n) is 10.6. The normalized spacial score (nSPS) is 18.7. The molecule has 2 heterocycles. The molecule has 1 atom stereocenters. The number of fused-ring (bicyclic) bond motifs is 1. The molecule has 1 saturated heterocycles. The Labute approximate surface area is 168 Å². The van der Waals surface area contributed by atoms with Crippen molar-refractivity contribution in [1.29, 1.82) is 0 Å². The molecule has 0 aromatic rings. The third-order valence-corrected chi connectivity index (χ3v) is 5.21. The summed E-state index contributed by atoms with van der Waals surface area (Å²) in [5.41, 5.74) is 18.5. The number of hydrogen-bond donors (Lipinski definition) is 3. The van der Waals surface area contributed by atoms with Crippen molar-refractivity contribution in [2.45, 2.75) is 77.2 Å². The summed E-state index contributed by atoms with van der Waals surface area (Å²) in [5.74, 6) is 0.378. The van der Waals surface area contributed by atoms with Crippen molar-refractivity contribution < 1.29 is 9.53 Å². The summed E-state index contributed by atoms with van der Waals surface area (Å²) in [6.45, 7) is 3.93. The molecule has 0 aromatic heterocycles. The lowest BCUT2D eigenvalue weighted by Crippen LogP contribution is -2.41. The van der Waals surface area contributed by atoms with E-state index in [1.165, 1.54) is 19.3 Å². The van der Waals surface area contributed by atoms with Gasteiger partial charge in [-0.1, -0.05) is 39.0 Å². The standard InChI is InChI=1S/C20H36N6O2/c1-2-3-4-5-6-10-15-17(16-11-9-13-26(16)20(23)25-15)18(27)28-14-8-7-12-24-19(21)22/h15H,2-14H2,1H3,(H2,23,25)(H4,21,22,24)/t15-/m1/s1. The zero-order valence-electron chi connectivity index (χ0n) is 17.2. The largest absolute Gasteiger partial charge is 0.462 e. The monoisotopic (exact) mass is 392 g/mol. The van der Waals surface area contributed by atoms with Gasteiger partial charge in [0.1, 0.15) is 0 Å². The maximum absolute atomic E-state index is 12.8. The topological polar surface area (TPSA) is 132 Å². The predicted molar refractivity (Wildman–Crippen MR) is 113 cm³/mol. The van der Waals surface area contributed by atoms with E-state index < -0.39 is 0 Å². The molecule has 8 heteroatoms. The SMILES string of the molecule is CCCCCCC[C@H]1N=C(N)N2CCCC2=C1C(=O)OCCCCN=C(N)N. The van der Waals surface area contributed by atoms with Gasteiger partial charge in [-0.2, -0.15) is 0 Å². The van der Waals surface area contributed by atoms with Crippen LogP contribution in [-0.2, 0) is 9.53 Å². The van der Waals surface area contributed by atoms with Crippen LogP contribution in [0.2, 0.25) is 0 Å². The second-order valence-corrected chi connectivity index (χ2v) is 7.47. The minimum absolute atomic E-state index is 0.0877. The maximum Gasteiger partial charge on any atom is 0.337 e. The summed E-state index contributed by atoms with van der Waals surface area (Å²) < 4.78 is 5.56. The summed E-state index contributed by atoms with van der Waals surface area (Å²) in [6, 6.07) is -0.180. The van der Waals surface area contributed by atoms with Crippen molar-refractivity contribution in [3.63, 3.8) is 0 Å². The number of allylic oxidation sites excluding steroid dienone is 1. The third-order valence-electron chi connectivity index (χ3n) is 5.21. The molecule has 0 saturated carbocycles. The van der Waals surface area contributed by atoms with Gasteiger partial charge in [-0.3, -0.25) is 4.99 Å². The average Bonchev–Trinajstić information content (AvgIpc) is 3.14. The number of unbranched alkanes of at least 4 members (excludes halogenated alkanes) is 5. The highest BCUT2D eigenvalue weighted by Crippen LogP contribution is 2.33. The molecule has 0 amide bonds. The molecule has 158 valence electrons. The van der Waals surface area contributed by atoms with Crippen LogP contribution in [0.5, 0.6) is 0 Å². The number of guanidine groups is 2. The van der Waals surface area contributed by atoms with Crippen LogP contribution in [0.25, 0.3) is 0 Å². The van der Waals surface area contributed by atoms with Crippen LogP contribution >= 0.6 is 0 Å². The minimum Gasteiger partial charge on any atom is -0.462 e. The first-order chi connectivity index (χ1) is 13.5. The Balaban J connectivity index is 1.93. The van der Waals surface area contributed by atoms with Crippen molar-refractivity contribution in [3.8, 4) is 0 Å². The molecular weight excluding hydrogens is 356 g/mol. The van der Waals surface area contributed by atoms with Crippen molar-refractivity contribution in [2.24, 2.45) is 27.2 Å².